The molecule has 0 bridgehead atoms. The molecule has 106 valence electrons. The Morgan fingerprint density at radius 1 is 1.37 bits per heavy atom. The highest BCUT2D eigenvalue weighted by Crippen LogP contribution is 2.20. The molecule has 5 nitrogen and oxygen atoms in total. The predicted octanol–water partition coefficient (Wildman–Crippen LogP) is 2.15. The van der Waals surface area contributed by atoms with E-state index in [1.807, 2.05) is 20.8 Å². The normalized spacial score (nSPS) is 12.2. The van der Waals surface area contributed by atoms with Crippen molar-refractivity contribution in [1.29, 1.82) is 5.41 Å². The van der Waals surface area contributed by atoms with Crippen LogP contribution in [0.5, 0.6) is 0 Å². The lowest BCUT2D eigenvalue weighted by Crippen LogP contribution is -2.21. The summed E-state index contributed by atoms with van der Waals surface area (Å²) in [5, 5.41) is 7.33. The Hall–Kier alpha value is -1.56. The Morgan fingerprint density at radius 3 is 2.53 bits per heavy atom. The van der Waals surface area contributed by atoms with E-state index in [9.17, 15) is 8.42 Å². The second-order valence-electron chi connectivity index (χ2n) is 5.73. The standard InChI is InChI=1S/C13H21N3O2S/c1-13(2,3)7-8-19(17,18)16-11-6-4-5-10(9-11)12(14)15/h4-6,9,16H,7-8H2,1-3H3,(H3,14,15). The highest BCUT2D eigenvalue weighted by molar-refractivity contribution is 7.92. The fraction of sp³-hybridized carbons (Fsp3) is 0.462. The number of sulfonamides is 1. The molecule has 0 aliphatic carbocycles. The second kappa shape index (κ2) is 5.61. The maximum absolute atomic E-state index is 11.9. The molecule has 0 radical (unpaired) electrons. The fourth-order valence-corrected chi connectivity index (χ4v) is 2.89. The van der Waals surface area contributed by atoms with Gasteiger partial charge in [0.25, 0.3) is 0 Å². The van der Waals surface area contributed by atoms with E-state index in [1.165, 1.54) is 0 Å². The molecule has 0 heterocycles. The van der Waals surface area contributed by atoms with Crippen LogP contribution in [0.15, 0.2) is 24.3 Å². The topological polar surface area (TPSA) is 96.0 Å². The molecule has 0 amide bonds. The van der Waals surface area contributed by atoms with E-state index < -0.39 is 10.0 Å². The third kappa shape index (κ3) is 5.74. The third-order valence-electron chi connectivity index (χ3n) is 2.57. The molecule has 0 unspecified atom stereocenters. The Morgan fingerprint density at radius 2 is 2.00 bits per heavy atom. The van der Waals surface area contributed by atoms with Gasteiger partial charge in [-0.3, -0.25) is 10.1 Å². The molecule has 0 saturated heterocycles. The van der Waals surface area contributed by atoms with Crippen LogP contribution in [0, 0.1) is 10.8 Å². The van der Waals surface area contributed by atoms with E-state index >= 15 is 0 Å². The van der Waals surface area contributed by atoms with Gasteiger partial charge in [-0.1, -0.05) is 32.9 Å². The molecule has 6 heteroatoms. The van der Waals surface area contributed by atoms with Gasteiger partial charge in [0, 0.05) is 11.3 Å². The van der Waals surface area contributed by atoms with Gasteiger partial charge >= 0.3 is 0 Å². The van der Waals surface area contributed by atoms with Gasteiger partial charge in [0.05, 0.1) is 5.75 Å². The van der Waals surface area contributed by atoms with E-state index in [0.717, 1.165) is 0 Å². The van der Waals surface area contributed by atoms with Gasteiger partial charge in [0.2, 0.25) is 10.0 Å². The Bertz CT molecular complexity index is 559. The maximum atomic E-state index is 11.9. The van der Waals surface area contributed by atoms with Crippen molar-refractivity contribution in [3.05, 3.63) is 29.8 Å². The average molecular weight is 283 g/mol. The van der Waals surface area contributed by atoms with Crippen molar-refractivity contribution >= 4 is 21.5 Å². The first-order valence-electron chi connectivity index (χ1n) is 6.04. The average Bonchev–Trinajstić information content (AvgIpc) is 2.25. The van der Waals surface area contributed by atoms with Crippen LogP contribution in [0.4, 0.5) is 5.69 Å². The zero-order chi connectivity index (χ0) is 14.7. The summed E-state index contributed by atoms with van der Waals surface area (Å²) in [4.78, 5) is 0. The molecule has 0 spiro atoms. The summed E-state index contributed by atoms with van der Waals surface area (Å²) < 4.78 is 26.4. The molecule has 0 aliphatic heterocycles. The largest absolute Gasteiger partial charge is 0.384 e. The van der Waals surface area contributed by atoms with E-state index in [-0.39, 0.29) is 17.0 Å². The number of nitrogens with two attached hydrogens (primary N) is 1. The van der Waals surface area contributed by atoms with Crippen LogP contribution in [0.25, 0.3) is 0 Å². The molecular weight excluding hydrogens is 262 g/mol. The van der Waals surface area contributed by atoms with Crippen molar-refractivity contribution in [3.63, 3.8) is 0 Å². The van der Waals surface area contributed by atoms with Gasteiger partial charge in [-0.25, -0.2) is 8.42 Å². The monoisotopic (exact) mass is 283 g/mol. The van der Waals surface area contributed by atoms with Crippen LogP contribution in [-0.2, 0) is 10.0 Å². The predicted molar refractivity (Wildman–Crippen MR) is 78.9 cm³/mol. The van der Waals surface area contributed by atoms with Gasteiger partial charge in [-0.05, 0) is 24.0 Å². The van der Waals surface area contributed by atoms with Gasteiger partial charge in [0.15, 0.2) is 0 Å². The number of anilines is 1. The lowest BCUT2D eigenvalue weighted by atomic mass is 9.94. The van der Waals surface area contributed by atoms with Crippen molar-refractivity contribution in [2.45, 2.75) is 27.2 Å². The molecule has 1 rings (SSSR count). The lowest BCUT2D eigenvalue weighted by Gasteiger charge is -2.18. The SMILES string of the molecule is CC(C)(C)CCS(=O)(=O)Nc1cccc(C(=N)N)c1. The highest BCUT2D eigenvalue weighted by Gasteiger charge is 2.17. The Kier molecular flexibility index (Phi) is 4.57. The van der Waals surface area contributed by atoms with Crippen LogP contribution in [0.1, 0.15) is 32.8 Å². The number of nitrogen functional groups attached to an aromatic ring is 1. The number of nitrogens with one attached hydrogen (secondary N) is 2. The molecule has 4 N–H and O–H groups in total. The van der Waals surface area contributed by atoms with Crippen LogP contribution in [-0.4, -0.2) is 20.0 Å². The summed E-state index contributed by atoms with van der Waals surface area (Å²) in [5.74, 6) is -0.0170. The van der Waals surface area contributed by atoms with Crippen molar-refractivity contribution in [2.24, 2.45) is 11.1 Å². The van der Waals surface area contributed by atoms with Crippen LogP contribution >= 0.6 is 0 Å². The summed E-state index contributed by atoms with van der Waals surface area (Å²) in [6, 6.07) is 6.52. The minimum atomic E-state index is -3.37. The van der Waals surface area contributed by atoms with Crippen LogP contribution in [0.2, 0.25) is 0 Å². The van der Waals surface area contributed by atoms with Crippen molar-refractivity contribution in [2.75, 3.05) is 10.5 Å². The lowest BCUT2D eigenvalue weighted by molar-refractivity contribution is 0.397. The summed E-state index contributed by atoms with van der Waals surface area (Å²) in [5.41, 5.74) is 6.26. The molecule has 19 heavy (non-hydrogen) atoms. The van der Waals surface area contributed by atoms with Gasteiger partial charge in [-0.15, -0.1) is 0 Å². The fourth-order valence-electron chi connectivity index (χ4n) is 1.42. The maximum Gasteiger partial charge on any atom is 0.232 e. The summed E-state index contributed by atoms with van der Waals surface area (Å²) in [7, 11) is -3.37. The van der Waals surface area contributed by atoms with Crippen LogP contribution in [0.3, 0.4) is 0 Å². The molecule has 0 aliphatic rings. The van der Waals surface area contributed by atoms with Crippen molar-refractivity contribution in [3.8, 4) is 0 Å². The first-order chi connectivity index (χ1) is 8.59. The summed E-state index contributed by atoms with van der Waals surface area (Å²) in [6.07, 6.45) is 0.578. The Labute approximate surface area is 114 Å². The van der Waals surface area contributed by atoms with E-state index in [0.29, 0.717) is 17.7 Å². The van der Waals surface area contributed by atoms with E-state index in [1.54, 1.807) is 24.3 Å². The number of amidine groups is 1. The van der Waals surface area contributed by atoms with Gasteiger partial charge < -0.3 is 5.73 Å². The Balaban J connectivity index is 2.78. The van der Waals surface area contributed by atoms with Crippen molar-refractivity contribution < 1.29 is 8.42 Å². The van der Waals surface area contributed by atoms with Crippen molar-refractivity contribution in [1.82, 2.24) is 0 Å². The smallest absolute Gasteiger partial charge is 0.232 e. The molecule has 0 saturated carbocycles. The number of hydrogen-bond acceptors (Lipinski definition) is 3. The highest BCUT2D eigenvalue weighted by atomic mass is 32.2. The first kappa shape index (κ1) is 15.5. The third-order valence-corrected chi connectivity index (χ3v) is 3.86. The molecule has 1 aromatic rings. The zero-order valence-corrected chi connectivity index (χ0v) is 12.3. The first-order valence-corrected chi connectivity index (χ1v) is 7.69. The minimum Gasteiger partial charge on any atom is -0.384 e. The number of hydrogen-bond donors (Lipinski definition) is 3. The van der Waals surface area contributed by atoms with E-state index in [2.05, 4.69) is 4.72 Å². The van der Waals surface area contributed by atoms with Gasteiger partial charge in [0.1, 0.15) is 5.84 Å². The molecular formula is C13H21N3O2S. The molecule has 0 atom stereocenters. The van der Waals surface area contributed by atoms with Crippen LogP contribution < -0.4 is 10.5 Å². The molecule has 1 aromatic carbocycles. The summed E-state index contributed by atoms with van der Waals surface area (Å²) in [6.45, 7) is 6.00. The second-order valence-corrected chi connectivity index (χ2v) is 7.57. The zero-order valence-electron chi connectivity index (χ0n) is 11.5. The quantitative estimate of drug-likeness (QED) is 0.570. The minimum absolute atomic E-state index is 0.0318. The molecule has 0 aromatic heterocycles. The van der Waals surface area contributed by atoms with Gasteiger partial charge in [-0.2, -0.15) is 0 Å². The summed E-state index contributed by atoms with van der Waals surface area (Å²) >= 11 is 0. The molecule has 0 fully saturated rings. The number of benzene rings is 1. The van der Waals surface area contributed by atoms with E-state index in [4.69, 9.17) is 11.1 Å². The number of rotatable bonds is 5.